The molecule has 0 atom stereocenters. The van der Waals surface area contributed by atoms with Gasteiger partial charge in [-0.15, -0.1) is 0 Å². The number of carbonyl (C=O) groups excluding carboxylic acids is 2. The summed E-state index contributed by atoms with van der Waals surface area (Å²) in [6, 6.07) is 27.1. The average molecular weight is 549 g/mol. The van der Waals surface area contributed by atoms with Crippen LogP contribution in [-0.4, -0.2) is 26.0 Å². The highest BCUT2D eigenvalue weighted by Crippen LogP contribution is 2.33. The van der Waals surface area contributed by atoms with Gasteiger partial charge in [0.2, 0.25) is 0 Å². The second kappa shape index (κ2) is 12.3. The number of ketones is 1. The van der Waals surface area contributed by atoms with Gasteiger partial charge in [0.15, 0.2) is 17.3 Å². The number of allylic oxidation sites excluding steroid dienone is 1. The lowest BCUT2D eigenvalue weighted by Gasteiger charge is -2.10. The lowest BCUT2D eigenvalue weighted by atomic mass is 10.1. The highest BCUT2D eigenvalue weighted by atomic mass is 16.6. The van der Waals surface area contributed by atoms with Crippen LogP contribution < -0.4 is 18.9 Å². The van der Waals surface area contributed by atoms with E-state index < -0.39 is 5.97 Å². The van der Waals surface area contributed by atoms with Crippen molar-refractivity contribution in [3.05, 3.63) is 125 Å². The molecule has 0 aliphatic rings. The molecule has 0 fully saturated rings. The summed E-state index contributed by atoms with van der Waals surface area (Å²) >= 11 is 0. The zero-order chi connectivity index (χ0) is 28.8. The Balaban J connectivity index is 1.32. The third-order valence-electron chi connectivity index (χ3n) is 6.48. The summed E-state index contributed by atoms with van der Waals surface area (Å²) in [6.45, 7) is 2.11. The predicted molar refractivity (Wildman–Crippen MR) is 156 cm³/mol. The van der Waals surface area contributed by atoms with Crippen molar-refractivity contribution in [2.75, 3.05) is 14.2 Å². The molecule has 4 aromatic carbocycles. The summed E-state index contributed by atoms with van der Waals surface area (Å²) in [4.78, 5) is 25.9. The summed E-state index contributed by atoms with van der Waals surface area (Å²) in [7, 11) is 3.06. The molecule has 0 spiro atoms. The van der Waals surface area contributed by atoms with Gasteiger partial charge in [0.05, 0.1) is 14.2 Å². The van der Waals surface area contributed by atoms with E-state index >= 15 is 0 Å². The maximum absolute atomic E-state index is 13.3. The monoisotopic (exact) mass is 548 g/mol. The van der Waals surface area contributed by atoms with Gasteiger partial charge >= 0.3 is 5.97 Å². The summed E-state index contributed by atoms with van der Waals surface area (Å²) < 4.78 is 28.1. The third-order valence-corrected chi connectivity index (χ3v) is 6.48. The second-order valence-electron chi connectivity index (χ2n) is 9.19. The number of hydrogen-bond donors (Lipinski definition) is 0. The zero-order valence-corrected chi connectivity index (χ0v) is 22.9. The molecule has 0 amide bonds. The van der Waals surface area contributed by atoms with Crippen LogP contribution in [-0.2, 0) is 6.61 Å². The third kappa shape index (κ3) is 6.31. The minimum atomic E-state index is -0.585. The van der Waals surface area contributed by atoms with Crippen LogP contribution >= 0.6 is 0 Å². The van der Waals surface area contributed by atoms with E-state index in [0.29, 0.717) is 57.3 Å². The number of hydrogen-bond acceptors (Lipinski definition) is 7. The summed E-state index contributed by atoms with van der Waals surface area (Å²) in [5.41, 5.74) is 3.13. The van der Waals surface area contributed by atoms with E-state index in [0.717, 1.165) is 5.56 Å². The van der Waals surface area contributed by atoms with Crippen molar-refractivity contribution in [3.63, 3.8) is 0 Å². The maximum atomic E-state index is 13.3. The molecule has 41 heavy (non-hydrogen) atoms. The molecule has 0 unspecified atom stereocenters. The maximum Gasteiger partial charge on any atom is 0.347 e. The second-order valence-corrected chi connectivity index (χ2v) is 9.19. The lowest BCUT2D eigenvalue weighted by Crippen LogP contribution is -2.10. The Kier molecular flexibility index (Phi) is 8.15. The predicted octanol–water partition coefficient (Wildman–Crippen LogP) is 7.45. The molecule has 5 rings (SSSR count). The molecule has 0 N–H and O–H groups in total. The van der Waals surface area contributed by atoms with Crippen LogP contribution in [0.15, 0.2) is 101 Å². The van der Waals surface area contributed by atoms with E-state index in [1.165, 1.54) is 13.2 Å². The smallest absolute Gasteiger partial charge is 0.347 e. The molecule has 0 saturated heterocycles. The fourth-order valence-electron chi connectivity index (χ4n) is 4.33. The van der Waals surface area contributed by atoms with Crippen LogP contribution in [0.1, 0.15) is 37.6 Å². The molecule has 0 radical (unpaired) electrons. The van der Waals surface area contributed by atoms with Crippen LogP contribution in [0.2, 0.25) is 0 Å². The number of methoxy groups -OCH3 is 2. The molecule has 1 heterocycles. The molecule has 0 aliphatic heterocycles. The van der Waals surface area contributed by atoms with Crippen molar-refractivity contribution in [1.29, 1.82) is 0 Å². The first-order valence-corrected chi connectivity index (χ1v) is 12.9. The van der Waals surface area contributed by atoms with Crippen LogP contribution in [0, 0.1) is 6.92 Å². The van der Waals surface area contributed by atoms with E-state index in [2.05, 4.69) is 0 Å². The van der Waals surface area contributed by atoms with Gasteiger partial charge in [0.1, 0.15) is 35.0 Å². The summed E-state index contributed by atoms with van der Waals surface area (Å²) in [5.74, 6) is 1.55. The van der Waals surface area contributed by atoms with Gasteiger partial charge in [0, 0.05) is 10.9 Å². The van der Waals surface area contributed by atoms with Crippen molar-refractivity contribution < 1.29 is 33.0 Å². The molecule has 0 saturated carbocycles. The first-order chi connectivity index (χ1) is 19.9. The van der Waals surface area contributed by atoms with Crippen molar-refractivity contribution in [2.24, 2.45) is 0 Å². The molecule has 7 nitrogen and oxygen atoms in total. The van der Waals surface area contributed by atoms with Crippen molar-refractivity contribution in [1.82, 2.24) is 0 Å². The standard InChI is InChI=1S/C34H28O7/c1-22-33(28-20-27(15-18-30(28)40-22)39-21-24-7-5-4-6-8-24)34(36)41-31-17-10-23(19-32(31)38-3)9-16-29(35)25-11-13-26(37-2)14-12-25/h4-20H,21H2,1-3H3/b16-9+. The van der Waals surface area contributed by atoms with Crippen LogP contribution in [0.5, 0.6) is 23.0 Å². The van der Waals surface area contributed by atoms with E-state index in [-0.39, 0.29) is 11.5 Å². The fourth-order valence-corrected chi connectivity index (χ4v) is 4.33. The summed E-state index contributed by atoms with van der Waals surface area (Å²) in [5, 5.41) is 0.591. The van der Waals surface area contributed by atoms with E-state index in [4.69, 9.17) is 23.4 Å². The minimum Gasteiger partial charge on any atom is -0.497 e. The fraction of sp³-hybridized carbons (Fsp3) is 0.118. The highest BCUT2D eigenvalue weighted by Gasteiger charge is 2.22. The first-order valence-electron chi connectivity index (χ1n) is 12.9. The van der Waals surface area contributed by atoms with Crippen molar-refractivity contribution in [3.8, 4) is 23.0 Å². The van der Waals surface area contributed by atoms with Gasteiger partial charge in [-0.25, -0.2) is 4.79 Å². The molecule has 0 aliphatic carbocycles. The number of ether oxygens (including phenoxy) is 4. The van der Waals surface area contributed by atoms with Crippen molar-refractivity contribution in [2.45, 2.75) is 13.5 Å². The van der Waals surface area contributed by atoms with E-state index in [9.17, 15) is 9.59 Å². The number of fused-ring (bicyclic) bond motifs is 1. The number of benzene rings is 4. The number of aryl methyl sites for hydroxylation is 1. The average Bonchev–Trinajstić information content (AvgIpc) is 3.34. The Hall–Kier alpha value is -5.30. The largest absolute Gasteiger partial charge is 0.497 e. The van der Waals surface area contributed by atoms with E-state index in [1.807, 2.05) is 30.3 Å². The molecule has 1 aromatic heterocycles. The normalized spacial score (nSPS) is 11.0. The number of carbonyl (C=O) groups is 2. The quantitative estimate of drug-likeness (QED) is 0.0775. The van der Waals surface area contributed by atoms with Crippen LogP contribution in [0.3, 0.4) is 0 Å². The van der Waals surface area contributed by atoms with Gasteiger partial charge in [-0.3, -0.25) is 4.79 Å². The Morgan fingerprint density at radius 1 is 0.805 bits per heavy atom. The number of esters is 1. The van der Waals surface area contributed by atoms with Gasteiger partial charge in [-0.05, 0) is 78.7 Å². The van der Waals surface area contributed by atoms with Gasteiger partial charge < -0.3 is 23.4 Å². The Labute approximate surface area is 237 Å². The highest BCUT2D eigenvalue weighted by molar-refractivity contribution is 6.07. The molecular formula is C34H28O7. The zero-order valence-electron chi connectivity index (χ0n) is 22.9. The Bertz CT molecular complexity index is 1710. The van der Waals surface area contributed by atoms with Crippen molar-refractivity contribution >= 4 is 28.8 Å². The SMILES string of the molecule is COc1ccc(C(=O)/C=C/c2ccc(OC(=O)c3c(C)oc4ccc(OCc5ccccc5)cc34)c(OC)c2)cc1. The van der Waals surface area contributed by atoms with Crippen LogP contribution in [0.25, 0.3) is 17.0 Å². The molecular weight excluding hydrogens is 520 g/mol. The molecule has 206 valence electrons. The summed E-state index contributed by atoms with van der Waals surface area (Å²) in [6.07, 6.45) is 3.14. The molecule has 7 heteroatoms. The van der Waals surface area contributed by atoms with E-state index in [1.54, 1.807) is 80.8 Å². The van der Waals surface area contributed by atoms with Gasteiger partial charge in [-0.2, -0.15) is 0 Å². The van der Waals surface area contributed by atoms with Crippen LogP contribution in [0.4, 0.5) is 0 Å². The topological polar surface area (TPSA) is 84.2 Å². The Morgan fingerprint density at radius 2 is 1.56 bits per heavy atom. The number of rotatable bonds is 10. The number of furan rings is 1. The molecule has 5 aromatic rings. The Morgan fingerprint density at radius 3 is 2.29 bits per heavy atom. The van der Waals surface area contributed by atoms with Gasteiger partial charge in [-0.1, -0.05) is 42.5 Å². The first kappa shape index (κ1) is 27.3. The minimum absolute atomic E-state index is 0.156. The van der Waals surface area contributed by atoms with Gasteiger partial charge in [0.25, 0.3) is 0 Å². The molecule has 0 bridgehead atoms. The lowest BCUT2D eigenvalue weighted by molar-refractivity contribution is 0.0729.